The van der Waals surface area contributed by atoms with Crippen molar-refractivity contribution in [3.63, 3.8) is 0 Å². The van der Waals surface area contributed by atoms with E-state index >= 15 is 0 Å². The van der Waals surface area contributed by atoms with Crippen molar-refractivity contribution in [3.05, 3.63) is 24.3 Å². The molecule has 2 amide bonds. The fourth-order valence-corrected chi connectivity index (χ4v) is 1.97. The van der Waals surface area contributed by atoms with Crippen LogP contribution in [-0.4, -0.2) is 48.9 Å². The van der Waals surface area contributed by atoms with Crippen LogP contribution in [0.25, 0.3) is 0 Å². The lowest BCUT2D eigenvalue weighted by atomic mass is 10.1. The van der Waals surface area contributed by atoms with Gasteiger partial charge in [-0.05, 0) is 32.3 Å². The van der Waals surface area contributed by atoms with Gasteiger partial charge in [-0.25, -0.2) is 4.79 Å². The molecule has 0 aliphatic carbocycles. The number of nitrogens with one attached hydrogen (secondary N) is 1. The third-order valence-electron chi connectivity index (χ3n) is 3.24. The summed E-state index contributed by atoms with van der Waals surface area (Å²) in [6, 6.07) is 0.136. The number of nitrogens with zero attached hydrogens (tertiary/aromatic N) is 1. The Morgan fingerprint density at radius 1 is 1.32 bits per heavy atom. The van der Waals surface area contributed by atoms with E-state index in [0.29, 0.717) is 0 Å². The van der Waals surface area contributed by atoms with Crippen molar-refractivity contribution in [1.82, 2.24) is 10.2 Å². The Bertz CT molecular complexity index is 443. The van der Waals surface area contributed by atoms with Crippen molar-refractivity contribution < 1.29 is 19.1 Å². The molecule has 124 valence electrons. The third-order valence-corrected chi connectivity index (χ3v) is 3.24. The molecule has 1 heterocycles. The fourth-order valence-electron chi connectivity index (χ4n) is 1.97. The number of amides is 2. The first-order valence-corrected chi connectivity index (χ1v) is 7.25. The summed E-state index contributed by atoms with van der Waals surface area (Å²) in [6.07, 6.45) is 5.01. The topological polar surface area (TPSA) is 75.7 Å². The first-order valence-electron chi connectivity index (χ1n) is 7.25. The van der Waals surface area contributed by atoms with E-state index in [1.807, 2.05) is 11.0 Å². The van der Waals surface area contributed by atoms with Crippen molar-refractivity contribution in [2.24, 2.45) is 0 Å². The van der Waals surface area contributed by atoms with Gasteiger partial charge < -0.3 is 15.0 Å². The van der Waals surface area contributed by atoms with Crippen LogP contribution in [0.5, 0.6) is 0 Å². The van der Waals surface area contributed by atoms with E-state index in [4.69, 9.17) is 0 Å². The minimum atomic E-state index is -0.426. The zero-order valence-corrected chi connectivity index (χ0v) is 13.8. The minimum absolute atomic E-state index is 0.0837. The Balaban J connectivity index is 0.000000472. The Morgan fingerprint density at radius 3 is 2.41 bits per heavy atom. The van der Waals surface area contributed by atoms with E-state index in [0.717, 1.165) is 25.0 Å². The van der Waals surface area contributed by atoms with Crippen LogP contribution in [0.3, 0.4) is 0 Å². The van der Waals surface area contributed by atoms with Gasteiger partial charge in [0.2, 0.25) is 5.91 Å². The number of hydrogen-bond acceptors (Lipinski definition) is 4. The molecule has 6 nitrogen and oxygen atoms in total. The van der Waals surface area contributed by atoms with Gasteiger partial charge in [-0.15, -0.1) is 0 Å². The molecule has 1 fully saturated rings. The Hall–Kier alpha value is -2.11. The number of rotatable bonds is 4. The van der Waals surface area contributed by atoms with E-state index in [1.54, 1.807) is 20.8 Å². The highest BCUT2D eigenvalue weighted by molar-refractivity contribution is 5.92. The lowest BCUT2D eigenvalue weighted by molar-refractivity contribution is -0.129. The molecule has 0 bridgehead atoms. The number of allylic oxidation sites excluding steroid dienone is 1. The summed E-state index contributed by atoms with van der Waals surface area (Å²) in [4.78, 5) is 34.3. The van der Waals surface area contributed by atoms with Crippen LogP contribution in [0.15, 0.2) is 24.3 Å². The smallest absolute Gasteiger partial charge is 0.407 e. The SMILES string of the molecule is C=CCOC(=O)NC.CC(=O)C(C)=C[C@@H]1CCCN1C(C)=O. The Morgan fingerprint density at radius 2 is 1.95 bits per heavy atom. The van der Waals surface area contributed by atoms with E-state index in [2.05, 4.69) is 16.6 Å². The largest absolute Gasteiger partial charge is 0.445 e. The molecule has 1 aliphatic rings. The summed E-state index contributed by atoms with van der Waals surface area (Å²) in [7, 11) is 1.51. The number of ketones is 1. The van der Waals surface area contributed by atoms with Crippen LogP contribution < -0.4 is 5.32 Å². The summed E-state index contributed by atoms with van der Waals surface area (Å²) in [5, 5.41) is 2.29. The molecule has 1 rings (SSSR count). The van der Waals surface area contributed by atoms with Gasteiger partial charge in [0.05, 0.1) is 6.04 Å². The highest BCUT2D eigenvalue weighted by atomic mass is 16.5. The molecule has 1 atom stereocenters. The molecule has 1 N–H and O–H groups in total. The molecule has 0 radical (unpaired) electrons. The molecule has 0 spiro atoms. The summed E-state index contributed by atoms with van der Waals surface area (Å²) in [6.45, 7) is 9.38. The zero-order valence-electron chi connectivity index (χ0n) is 13.8. The van der Waals surface area contributed by atoms with Crippen LogP contribution in [0, 0.1) is 0 Å². The molecule has 0 saturated carbocycles. The molecule has 0 aromatic carbocycles. The first kappa shape index (κ1) is 19.9. The van der Waals surface area contributed by atoms with Gasteiger partial charge in [-0.2, -0.15) is 0 Å². The third kappa shape index (κ3) is 7.61. The van der Waals surface area contributed by atoms with Crippen molar-refractivity contribution in [2.45, 2.75) is 39.7 Å². The van der Waals surface area contributed by atoms with Gasteiger partial charge in [0.15, 0.2) is 5.78 Å². The summed E-state index contributed by atoms with van der Waals surface area (Å²) >= 11 is 0. The van der Waals surface area contributed by atoms with Crippen molar-refractivity contribution in [1.29, 1.82) is 0 Å². The number of likely N-dealkylation sites (tertiary alicyclic amines) is 1. The number of Topliss-reactive ketones (excluding diaryl/α,β-unsaturated/α-hetero) is 1. The number of alkyl carbamates (subject to hydrolysis) is 1. The molecule has 0 aromatic heterocycles. The average Bonchev–Trinajstić information content (AvgIpc) is 2.93. The normalized spacial score (nSPS) is 17.2. The van der Waals surface area contributed by atoms with Gasteiger partial charge in [-0.1, -0.05) is 18.7 Å². The van der Waals surface area contributed by atoms with Gasteiger partial charge in [0.1, 0.15) is 6.61 Å². The lowest BCUT2D eigenvalue weighted by Crippen LogP contribution is -2.32. The maximum atomic E-state index is 11.2. The fraction of sp³-hybridized carbons (Fsp3) is 0.562. The zero-order chi connectivity index (χ0) is 17.1. The predicted molar refractivity (Wildman–Crippen MR) is 85.5 cm³/mol. The van der Waals surface area contributed by atoms with E-state index in [1.165, 1.54) is 13.1 Å². The van der Waals surface area contributed by atoms with E-state index in [9.17, 15) is 14.4 Å². The molecule has 1 aliphatic heterocycles. The second kappa shape index (κ2) is 10.6. The minimum Gasteiger partial charge on any atom is -0.445 e. The molecule has 0 aromatic rings. The van der Waals surface area contributed by atoms with E-state index in [-0.39, 0.29) is 24.3 Å². The number of ether oxygens (including phenoxy) is 1. The summed E-state index contributed by atoms with van der Waals surface area (Å²) in [5.41, 5.74) is 0.753. The van der Waals surface area contributed by atoms with Crippen LogP contribution in [0.1, 0.15) is 33.6 Å². The van der Waals surface area contributed by atoms with Gasteiger partial charge >= 0.3 is 6.09 Å². The van der Waals surface area contributed by atoms with Gasteiger partial charge in [-0.3, -0.25) is 9.59 Å². The molecule has 1 saturated heterocycles. The maximum absolute atomic E-state index is 11.2. The molecule has 6 heteroatoms. The van der Waals surface area contributed by atoms with Gasteiger partial charge in [0.25, 0.3) is 0 Å². The lowest BCUT2D eigenvalue weighted by Gasteiger charge is -2.20. The summed E-state index contributed by atoms with van der Waals surface area (Å²) < 4.78 is 4.47. The second-order valence-corrected chi connectivity index (χ2v) is 4.96. The highest BCUT2D eigenvalue weighted by Crippen LogP contribution is 2.19. The monoisotopic (exact) mass is 310 g/mol. The van der Waals surface area contributed by atoms with Crippen molar-refractivity contribution in [2.75, 3.05) is 20.2 Å². The predicted octanol–water partition coefficient (Wildman–Crippen LogP) is 2.06. The van der Waals surface area contributed by atoms with Crippen LogP contribution in [0.2, 0.25) is 0 Å². The highest BCUT2D eigenvalue weighted by Gasteiger charge is 2.24. The molecule has 0 unspecified atom stereocenters. The van der Waals surface area contributed by atoms with Crippen molar-refractivity contribution in [3.8, 4) is 0 Å². The molecule has 22 heavy (non-hydrogen) atoms. The second-order valence-electron chi connectivity index (χ2n) is 4.96. The Labute approximate surface area is 132 Å². The number of carbonyl (C=O) groups excluding carboxylic acids is 3. The van der Waals surface area contributed by atoms with Gasteiger partial charge in [0, 0.05) is 20.5 Å². The molecular formula is C16H26N2O4. The maximum Gasteiger partial charge on any atom is 0.407 e. The summed E-state index contributed by atoms with van der Waals surface area (Å²) in [5.74, 6) is 0.181. The molecular weight excluding hydrogens is 284 g/mol. The van der Waals surface area contributed by atoms with Crippen LogP contribution >= 0.6 is 0 Å². The van der Waals surface area contributed by atoms with Crippen molar-refractivity contribution >= 4 is 17.8 Å². The van der Waals surface area contributed by atoms with Crippen LogP contribution in [0.4, 0.5) is 4.79 Å². The van der Waals surface area contributed by atoms with E-state index < -0.39 is 6.09 Å². The average molecular weight is 310 g/mol. The number of hydrogen-bond donors (Lipinski definition) is 1. The first-order chi connectivity index (χ1) is 10.3. The standard InChI is InChI=1S/C11H17NO2.C5H9NO2/c1-8(9(2)13)7-11-5-4-6-12(11)10(3)14;1-3-4-8-5(7)6-2/h7,11H,4-6H2,1-3H3;3H,1,4H2,2H3,(H,6,7)/t11-;/m0./s1. The number of carbonyl (C=O) groups is 3. The van der Waals surface area contributed by atoms with Crippen LogP contribution in [-0.2, 0) is 14.3 Å². The Kier molecular flexibility index (Phi) is 9.58. The quantitative estimate of drug-likeness (QED) is 0.637.